The molecule has 1 aliphatic rings. The Bertz CT molecular complexity index is 1310. The predicted octanol–water partition coefficient (Wildman–Crippen LogP) is 4.82. The van der Waals surface area contributed by atoms with Crippen molar-refractivity contribution in [2.24, 2.45) is 0 Å². The molecule has 0 fully saturated rings. The van der Waals surface area contributed by atoms with Gasteiger partial charge in [-0.15, -0.1) is 0 Å². The van der Waals surface area contributed by atoms with Crippen molar-refractivity contribution >= 4 is 11.7 Å². The van der Waals surface area contributed by atoms with Crippen LogP contribution in [-0.4, -0.2) is 32.3 Å². The molecule has 1 amide bonds. The summed E-state index contributed by atoms with van der Waals surface area (Å²) in [6, 6.07) is 19.8. The van der Waals surface area contributed by atoms with E-state index < -0.39 is 0 Å². The van der Waals surface area contributed by atoms with Crippen molar-refractivity contribution in [2.45, 2.75) is 33.1 Å². The van der Waals surface area contributed by atoms with E-state index in [0.29, 0.717) is 24.8 Å². The number of carbonyl (C=O) groups is 1. The highest BCUT2D eigenvalue weighted by atomic mass is 16.5. The molecule has 2 aromatic carbocycles. The van der Waals surface area contributed by atoms with E-state index in [9.17, 15) is 4.79 Å². The van der Waals surface area contributed by atoms with Gasteiger partial charge in [-0.3, -0.25) is 4.79 Å². The molecule has 0 aliphatic carbocycles. The average molecular weight is 440 g/mol. The van der Waals surface area contributed by atoms with Crippen LogP contribution in [0.15, 0.2) is 60.7 Å². The van der Waals surface area contributed by atoms with Crippen LogP contribution in [-0.2, 0) is 4.79 Å². The van der Waals surface area contributed by atoms with Gasteiger partial charge in [-0.05, 0) is 32.9 Å². The summed E-state index contributed by atoms with van der Waals surface area (Å²) in [6.45, 7) is 6.35. The minimum Gasteiger partial charge on any atom is -0.494 e. The van der Waals surface area contributed by atoms with Crippen molar-refractivity contribution in [2.75, 3.05) is 11.9 Å². The Morgan fingerprint density at radius 3 is 2.45 bits per heavy atom. The molecule has 1 N–H and O–H groups in total. The molecule has 7 nitrogen and oxygen atoms in total. The van der Waals surface area contributed by atoms with Crippen molar-refractivity contribution in [3.63, 3.8) is 0 Å². The first kappa shape index (κ1) is 20.9. The zero-order valence-corrected chi connectivity index (χ0v) is 18.9. The number of nitrogens with one attached hydrogen (secondary N) is 1. The lowest BCUT2D eigenvalue weighted by Gasteiger charge is -2.26. The smallest absolute Gasteiger partial charge is 0.252 e. The summed E-state index contributed by atoms with van der Waals surface area (Å²) in [6.07, 6.45) is 0.302. The summed E-state index contributed by atoms with van der Waals surface area (Å²) in [5, 5.41) is 7.98. The fourth-order valence-electron chi connectivity index (χ4n) is 4.43. The van der Waals surface area contributed by atoms with Crippen LogP contribution in [0.25, 0.3) is 17.2 Å². The first-order valence-corrected chi connectivity index (χ1v) is 11.1. The van der Waals surface area contributed by atoms with Gasteiger partial charge in [0.05, 0.1) is 12.3 Å². The van der Waals surface area contributed by atoms with Gasteiger partial charge in [0.2, 0.25) is 5.91 Å². The van der Waals surface area contributed by atoms with E-state index in [0.717, 1.165) is 39.5 Å². The van der Waals surface area contributed by atoms with E-state index in [1.807, 2.05) is 81.4 Å². The highest BCUT2D eigenvalue weighted by molar-refractivity contribution is 5.96. The summed E-state index contributed by atoms with van der Waals surface area (Å²) in [5.74, 6) is 1.52. The van der Waals surface area contributed by atoms with Gasteiger partial charge in [0.15, 0.2) is 0 Å². The lowest BCUT2D eigenvalue weighted by Crippen LogP contribution is -2.25. The number of amides is 1. The van der Waals surface area contributed by atoms with Gasteiger partial charge < -0.3 is 10.1 Å². The maximum absolute atomic E-state index is 12.9. The monoisotopic (exact) mass is 439 g/mol. The zero-order chi connectivity index (χ0) is 22.9. The standard InChI is InChI=1S/C26H25N5O2/c1-4-33-21-13-9-8-12-19(21)20-15-22(32)29-25-23(20)24(18-10-6-5-7-11-18)30-31(25)26-27-16(2)14-17(3)28-26/h5-14,20H,4,15H2,1-3H3,(H,29,32). The Kier molecular flexibility index (Phi) is 5.38. The second kappa shape index (κ2) is 8.50. The van der Waals surface area contributed by atoms with Crippen molar-refractivity contribution in [3.8, 4) is 23.0 Å². The van der Waals surface area contributed by atoms with Crippen LogP contribution in [0.4, 0.5) is 5.82 Å². The first-order valence-electron chi connectivity index (χ1n) is 11.1. The van der Waals surface area contributed by atoms with E-state index in [1.54, 1.807) is 4.68 Å². The van der Waals surface area contributed by atoms with Gasteiger partial charge in [0.25, 0.3) is 5.95 Å². The molecule has 5 rings (SSSR count). The summed E-state index contributed by atoms with van der Waals surface area (Å²) in [5.41, 5.74) is 5.34. The molecule has 4 aromatic rings. The van der Waals surface area contributed by atoms with Crippen molar-refractivity contribution in [1.29, 1.82) is 0 Å². The lowest BCUT2D eigenvalue weighted by molar-refractivity contribution is -0.116. The molecule has 1 unspecified atom stereocenters. The Morgan fingerprint density at radius 1 is 1.03 bits per heavy atom. The normalized spacial score (nSPS) is 15.1. The SMILES string of the molecule is CCOc1ccccc1C1CC(=O)Nc2c1c(-c1ccccc1)nn2-c1nc(C)cc(C)n1. The molecule has 166 valence electrons. The minimum absolute atomic E-state index is 0.0797. The highest BCUT2D eigenvalue weighted by Crippen LogP contribution is 2.45. The summed E-state index contributed by atoms with van der Waals surface area (Å²) in [7, 11) is 0. The zero-order valence-electron chi connectivity index (χ0n) is 18.9. The minimum atomic E-state index is -0.216. The quantitative estimate of drug-likeness (QED) is 0.482. The number of ether oxygens (including phenoxy) is 1. The number of hydrogen-bond donors (Lipinski definition) is 1. The number of fused-ring (bicyclic) bond motifs is 1. The van der Waals surface area contributed by atoms with Crippen molar-refractivity contribution < 1.29 is 9.53 Å². The first-order chi connectivity index (χ1) is 16.0. The van der Waals surface area contributed by atoms with Crippen LogP contribution in [0.2, 0.25) is 0 Å². The van der Waals surface area contributed by atoms with E-state index in [1.165, 1.54) is 0 Å². The number of carbonyl (C=O) groups excluding carboxylic acids is 1. The predicted molar refractivity (Wildman–Crippen MR) is 127 cm³/mol. The number of benzene rings is 2. The summed E-state index contributed by atoms with van der Waals surface area (Å²) >= 11 is 0. The molecule has 3 heterocycles. The van der Waals surface area contributed by atoms with Gasteiger partial charge in [-0.25, -0.2) is 9.97 Å². The van der Waals surface area contributed by atoms with E-state index in [4.69, 9.17) is 9.84 Å². The number of nitrogens with zero attached hydrogens (tertiary/aromatic N) is 4. The van der Waals surface area contributed by atoms with Gasteiger partial charge in [-0.1, -0.05) is 48.5 Å². The van der Waals surface area contributed by atoms with Crippen LogP contribution in [0, 0.1) is 13.8 Å². The van der Waals surface area contributed by atoms with Gasteiger partial charge >= 0.3 is 0 Å². The average Bonchev–Trinajstić information content (AvgIpc) is 3.18. The molecular formula is C26H25N5O2. The second-order valence-corrected chi connectivity index (χ2v) is 8.12. The fourth-order valence-corrected chi connectivity index (χ4v) is 4.43. The topological polar surface area (TPSA) is 81.9 Å². The molecule has 0 radical (unpaired) electrons. The van der Waals surface area contributed by atoms with Crippen molar-refractivity contribution in [1.82, 2.24) is 19.7 Å². The summed E-state index contributed by atoms with van der Waals surface area (Å²) in [4.78, 5) is 22.1. The number of aromatic nitrogens is 4. The molecule has 1 atom stereocenters. The third-order valence-corrected chi connectivity index (χ3v) is 5.72. The van der Waals surface area contributed by atoms with Gasteiger partial charge in [-0.2, -0.15) is 9.78 Å². The number of rotatable bonds is 5. The van der Waals surface area contributed by atoms with Crippen molar-refractivity contribution in [3.05, 3.63) is 83.2 Å². The van der Waals surface area contributed by atoms with E-state index >= 15 is 0 Å². The van der Waals surface area contributed by atoms with E-state index in [-0.39, 0.29) is 11.8 Å². The molecule has 0 spiro atoms. The molecule has 33 heavy (non-hydrogen) atoms. The molecule has 0 bridgehead atoms. The molecule has 1 aliphatic heterocycles. The molecule has 0 saturated heterocycles. The third kappa shape index (κ3) is 3.86. The Balaban J connectivity index is 1.78. The van der Waals surface area contributed by atoms with Gasteiger partial charge in [0, 0.05) is 40.4 Å². The van der Waals surface area contributed by atoms with Crippen LogP contribution in [0.5, 0.6) is 5.75 Å². The van der Waals surface area contributed by atoms with E-state index in [2.05, 4.69) is 15.3 Å². The Hall–Kier alpha value is -4.00. The number of para-hydroxylation sites is 1. The molecular weight excluding hydrogens is 414 g/mol. The maximum Gasteiger partial charge on any atom is 0.252 e. The van der Waals surface area contributed by atoms with Crippen LogP contribution in [0.1, 0.15) is 41.8 Å². The highest BCUT2D eigenvalue weighted by Gasteiger charge is 2.36. The molecule has 0 saturated carbocycles. The maximum atomic E-state index is 12.9. The summed E-state index contributed by atoms with van der Waals surface area (Å²) < 4.78 is 7.58. The number of hydrogen-bond acceptors (Lipinski definition) is 5. The van der Waals surface area contributed by atoms with Crippen LogP contribution in [0.3, 0.4) is 0 Å². The number of aryl methyl sites for hydroxylation is 2. The van der Waals surface area contributed by atoms with Crippen LogP contribution >= 0.6 is 0 Å². The lowest BCUT2D eigenvalue weighted by atomic mass is 9.84. The van der Waals surface area contributed by atoms with Gasteiger partial charge in [0.1, 0.15) is 11.6 Å². The Labute approximate surface area is 192 Å². The molecule has 2 aromatic heterocycles. The fraction of sp³-hybridized carbons (Fsp3) is 0.231. The third-order valence-electron chi connectivity index (χ3n) is 5.72. The number of anilines is 1. The second-order valence-electron chi connectivity index (χ2n) is 8.12. The molecule has 7 heteroatoms. The Morgan fingerprint density at radius 2 is 1.73 bits per heavy atom. The van der Waals surface area contributed by atoms with Crippen LogP contribution < -0.4 is 10.1 Å². The largest absolute Gasteiger partial charge is 0.494 e.